The van der Waals surface area contributed by atoms with E-state index >= 15 is 0 Å². The van der Waals surface area contributed by atoms with Crippen molar-refractivity contribution in [3.8, 4) is 0 Å². The van der Waals surface area contributed by atoms with E-state index in [2.05, 4.69) is 53.4 Å². The number of halogens is 3. The number of rotatable bonds is 4. The van der Waals surface area contributed by atoms with Crippen LogP contribution in [0.5, 0.6) is 0 Å². The number of carbonyl (C=O) groups excluding carboxylic acids is 1. The Morgan fingerprint density at radius 1 is 0.943 bits per heavy atom. The molecule has 0 aromatic heterocycles. The van der Waals surface area contributed by atoms with E-state index in [4.69, 9.17) is 0 Å². The average molecular weight is 479 g/mol. The fourth-order valence-corrected chi connectivity index (χ4v) is 5.47. The van der Waals surface area contributed by atoms with Crippen molar-refractivity contribution in [3.63, 3.8) is 0 Å². The minimum Gasteiger partial charge on any atom is -0.338 e. The molecule has 5 rings (SSSR count). The van der Waals surface area contributed by atoms with Gasteiger partial charge in [-0.25, -0.2) is 0 Å². The molecule has 1 amide bonds. The first-order valence-corrected chi connectivity index (χ1v) is 12.1. The first kappa shape index (κ1) is 23.6. The van der Waals surface area contributed by atoms with Crippen molar-refractivity contribution in [2.45, 2.75) is 32.0 Å². The van der Waals surface area contributed by atoms with Crippen LogP contribution in [0, 0.1) is 12.8 Å². The van der Waals surface area contributed by atoms with Gasteiger partial charge in [0.15, 0.2) is 0 Å². The number of hydrogen-bond donors (Lipinski definition) is 0. The van der Waals surface area contributed by atoms with Gasteiger partial charge in [-0.05, 0) is 54.2 Å². The van der Waals surface area contributed by atoms with Crippen LogP contribution in [0.3, 0.4) is 0 Å². The highest BCUT2D eigenvalue weighted by Crippen LogP contribution is 2.36. The van der Waals surface area contributed by atoms with Gasteiger partial charge < -0.3 is 4.90 Å². The summed E-state index contributed by atoms with van der Waals surface area (Å²) in [5.74, 6) is 0.0138. The molecule has 0 spiro atoms. The topological polar surface area (TPSA) is 23.6 Å². The van der Waals surface area contributed by atoms with Crippen molar-refractivity contribution in [2.75, 3.05) is 26.2 Å². The number of carbonyl (C=O) groups is 1. The number of benzene rings is 3. The Kier molecular flexibility index (Phi) is 6.41. The van der Waals surface area contributed by atoms with Gasteiger partial charge in [0.1, 0.15) is 0 Å². The second kappa shape index (κ2) is 9.50. The summed E-state index contributed by atoms with van der Waals surface area (Å²) in [7, 11) is 0. The van der Waals surface area contributed by atoms with E-state index in [0.29, 0.717) is 13.1 Å². The van der Waals surface area contributed by atoms with Crippen LogP contribution >= 0.6 is 0 Å². The fraction of sp³-hybridized carbons (Fsp3) is 0.345. The lowest BCUT2D eigenvalue weighted by Gasteiger charge is -2.32. The molecule has 0 saturated carbocycles. The standard InChI is InChI=1S/C29H29F3N2O/c1-20-9-11-22(12-10-20)27-19-34(28(35)23-7-4-8-26(15-23)29(30,31)32)18-25(27)17-33-14-13-21-5-2-3-6-24(21)16-33/h2-12,15,25,27H,13-14,16-19H2,1H3. The van der Waals surface area contributed by atoms with Crippen LogP contribution in [-0.4, -0.2) is 41.9 Å². The quantitative estimate of drug-likeness (QED) is 0.464. The molecule has 2 unspecified atom stereocenters. The maximum atomic E-state index is 13.3. The molecule has 2 aliphatic heterocycles. The lowest BCUT2D eigenvalue weighted by atomic mass is 9.87. The van der Waals surface area contributed by atoms with Crippen molar-refractivity contribution in [2.24, 2.45) is 5.92 Å². The third-order valence-electron chi connectivity index (χ3n) is 7.37. The molecule has 0 aliphatic carbocycles. The van der Waals surface area contributed by atoms with Crippen molar-refractivity contribution in [3.05, 3.63) is 106 Å². The number of fused-ring (bicyclic) bond motifs is 1. The van der Waals surface area contributed by atoms with Crippen LogP contribution in [0.25, 0.3) is 0 Å². The summed E-state index contributed by atoms with van der Waals surface area (Å²) >= 11 is 0. The summed E-state index contributed by atoms with van der Waals surface area (Å²) in [6.45, 7) is 5.79. The summed E-state index contributed by atoms with van der Waals surface area (Å²) in [4.78, 5) is 17.5. The third kappa shape index (κ3) is 5.13. The van der Waals surface area contributed by atoms with Gasteiger partial charge in [0.25, 0.3) is 5.91 Å². The maximum Gasteiger partial charge on any atom is 0.416 e. The van der Waals surface area contributed by atoms with Gasteiger partial charge in [-0.1, -0.05) is 60.2 Å². The van der Waals surface area contributed by atoms with Crippen molar-refractivity contribution in [1.82, 2.24) is 9.80 Å². The van der Waals surface area contributed by atoms with Crippen LogP contribution in [0.1, 0.15) is 44.1 Å². The highest BCUT2D eigenvalue weighted by molar-refractivity contribution is 5.94. The van der Waals surface area contributed by atoms with Gasteiger partial charge in [-0.2, -0.15) is 13.2 Å². The molecule has 35 heavy (non-hydrogen) atoms. The molecule has 2 heterocycles. The highest BCUT2D eigenvalue weighted by Gasteiger charge is 2.38. The van der Waals surface area contributed by atoms with E-state index in [-0.39, 0.29) is 23.3 Å². The molecule has 3 nitrogen and oxygen atoms in total. The molecule has 6 heteroatoms. The monoisotopic (exact) mass is 478 g/mol. The van der Waals surface area contributed by atoms with E-state index in [9.17, 15) is 18.0 Å². The zero-order valence-electron chi connectivity index (χ0n) is 19.8. The first-order valence-electron chi connectivity index (χ1n) is 12.1. The predicted molar refractivity (Wildman–Crippen MR) is 130 cm³/mol. The highest BCUT2D eigenvalue weighted by atomic mass is 19.4. The van der Waals surface area contributed by atoms with Crippen LogP contribution in [0.2, 0.25) is 0 Å². The van der Waals surface area contributed by atoms with Crippen molar-refractivity contribution < 1.29 is 18.0 Å². The van der Waals surface area contributed by atoms with E-state index < -0.39 is 11.7 Å². The predicted octanol–water partition coefficient (Wildman–Crippen LogP) is 5.93. The van der Waals surface area contributed by atoms with Crippen molar-refractivity contribution in [1.29, 1.82) is 0 Å². The molecule has 3 aromatic rings. The van der Waals surface area contributed by atoms with E-state index in [1.54, 1.807) is 4.90 Å². The zero-order chi connectivity index (χ0) is 24.6. The van der Waals surface area contributed by atoms with Gasteiger partial charge in [0.2, 0.25) is 0 Å². The number of aryl methyl sites for hydroxylation is 1. The lowest BCUT2D eigenvalue weighted by Crippen LogP contribution is -2.37. The van der Waals surface area contributed by atoms with E-state index in [1.165, 1.54) is 34.4 Å². The van der Waals surface area contributed by atoms with E-state index in [1.807, 2.05) is 6.92 Å². The van der Waals surface area contributed by atoms with Gasteiger partial charge in [-0.15, -0.1) is 0 Å². The molecule has 2 aliphatic rings. The molecule has 3 aromatic carbocycles. The first-order chi connectivity index (χ1) is 16.8. The Hall–Kier alpha value is -3.12. The normalized spacial score (nSPS) is 20.6. The van der Waals surface area contributed by atoms with Crippen molar-refractivity contribution >= 4 is 5.91 Å². The molecule has 1 fully saturated rings. The minimum atomic E-state index is -4.47. The molecule has 182 valence electrons. The fourth-order valence-electron chi connectivity index (χ4n) is 5.47. The largest absolute Gasteiger partial charge is 0.416 e. The SMILES string of the molecule is Cc1ccc(C2CN(C(=O)c3cccc(C(F)(F)F)c3)CC2CN2CCc3ccccc3C2)cc1. The van der Waals surface area contributed by atoms with Gasteiger partial charge >= 0.3 is 6.18 Å². The number of likely N-dealkylation sites (tertiary alicyclic amines) is 1. The number of hydrogen-bond acceptors (Lipinski definition) is 2. The second-order valence-corrected chi connectivity index (χ2v) is 9.82. The molecule has 0 bridgehead atoms. The van der Waals surface area contributed by atoms with E-state index in [0.717, 1.165) is 38.2 Å². The number of alkyl halides is 3. The Morgan fingerprint density at radius 3 is 2.43 bits per heavy atom. The Morgan fingerprint density at radius 2 is 1.69 bits per heavy atom. The zero-order valence-corrected chi connectivity index (χ0v) is 19.8. The Labute approximate surface area is 204 Å². The Balaban J connectivity index is 1.38. The smallest absolute Gasteiger partial charge is 0.338 e. The minimum absolute atomic E-state index is 0.0926. The summed E-state index contributed by atoms with van der Waals surface area (Å²) in [6, 6.07) is 21.7. The molecule has 0 N–H and O–H groups in total. The summed E-state index contributed by atoms with van der Waals surface area (Å²) in [5, 5.41) is 0. The summed E-state index contributed by atoms with van der Waals surface area (Å²) in [6.07, 6.45) is -3.47. The van der Waals surface area contributed by atoms with Crippen LogP contribution in [-0.2, 0) is 19.1 Å². The number of nitrogens with zero attached hydrogens (tertiary/aromatic N) is 2. The molecular weight excluding hydrogens is 449 g/mol. The summed E-state index contributed by atoms with van der Waals surface area (Å²) < 4.78 is 39.7. The molecule has 1 saturated heterocycles. The van der Waals surface area contributed by atoms with Crippen LogP contribution in [0.4, 0.5) is 13.2 Å². The number of amides is 1. The molecular formula is C29H29F3N2O. The third-order valence-corrected chi connectivity index (χ3v) is 7.37. The second-order valence-electron chi connectivity index (χ2n) is 9.82. The Bertz CT molecular complexity index is 1210. The van der Waals surface area contributed by atoms with Crippen LogP contribution in [0.15, 0.2) is 72.8 Å². The maximum absolute atomic E-state index is 13.3. The van der Waals surface area contributed by atoms with Gasteiger partial charge in [-0.3, -0.25) is 9.69 Å². The molecule has 0 radical (unpaired) electrons. The molecule has 2 atom stereocenters. The van der Waals surface area contributed by atoms with Crippen LogP contribution < -0.4 is 0 Å². The summed E-state index contributed by atoms with van der Waals surface area (Å²) in [5.41, 5.74) is 4.40. The van der Waals surface area contributed by atoms with Gasteiger partial charge in [0, 0.05) is 44.2 Å². The average Bonchev–Trinajstić information content (AvgIpc) is 3.27. The van der Waals surface area contributed by atoms with Gasteiger partial charge in [0.05, 0.1) is 5.56 Å². The lowest BCUT2D eigenvalue weighted by molar-refractivity contribution is -0.137.